The molecule has 13 aromatic rings. The van der Waals surface area contributed by atoms with Crippen molar-refractivity contribution in [3.63, 3.8) is 0 Å². The van der Waals surface area contributed by atoms with E-state index in [-0.39, 0.29) is 0 Å². The van der Waals surface area contributed by atoms with Crippen molar-refractivity contribution in [3.8, 4) is 11.1 Å². The Kier molecular flexibility index (Phi) is 10.5. The van der Waals surface area contributed by atoms with Gasteiger partial charge in [0.1, 0.15) is 0 Å². The maximum absolute atomic E-state index is 2.50. The SMILES string of the molecule is C1=CC2=C(CC1)C(c1ccccc1)(c1cccc(N(c3ccccc3)c3ccc4ccc5c(N(c6ccccc6)c6cccc(C7(c8ccccc8)c8ccccc8-c8ccccc87)c6)ccc6ccc3c4c65)c1)c1ccccc12. The Balaban J connectivity index is 0.896. The molecule has 2 heteroatoms. The number of fused-ring (bicyclic) bond motifs is 5. The van der Waals surface area contributed by atoms with E-state index in [4.69, 9.17) is 0 Å². The summed E-state index contributed by atoms with van der Waals surface area (Å²) in [4.78, 5) is 4.98. The summed E-state index contributed by atoms with van der Waals surface area (Å²) in [6, 6.07) is 109. The van der Waals surface area contributed by atoms with Crippen LogP contribution in [0.3, 0.4) is 0 Å². The maximum atomic E-state index is 2.50. The van der Waals surface area contributed by atoms with Crippen molar-refractivity contribution >= 4 is 72.0 Å². The van der Waals surface area contributed by atoms with E-state index in [0.717, 1.165) is 47.0 Å². The zero-order chi connectivity index (χ0) is 52.8. The van der Waals surface area contributed by atoms with Crippen LogP contribution in [0.15, 0.2) is 309 Å². The maximum Gasteiger partial charge on any atom is 0.0714 e. The van der Waals surface area contributed by atoms with Gasteiger partial charge in [-0.25, -0.2) is 0 Å². The zero-order valence-corrected chi connectivity index (χ0v) is 44.2. The van der Waals surface area contributed by atoms with Crippen LogP contribution < -0.4 is 9.80 Å². The van der Waals surface area contributed by atoms with Crippen LogP contribution >= 0.6 is 0 Å². The second-order valence-electron chi connectivity index (χ2n) is 21.7. The van der Waals surface area contributed by atoms with Crippen molar-refractivity contribution in [2.75, 3.05) is 9.80 Å². The predicted octanol–water partition coefficient (Wildman–Crippen LogP) is 20.3. The summed E-state index contributed by atoms with van der Waals surface area (Å²) < 4.78 is 0. The summed E-state index contributed by atoms with van der Waals surface area (Å²) in [7, 11) is 0. The number of para-hydroxylation sites is 2. The number of rotatable bonds is 10. The molecule has 2 nitrogen and oxygen atoms in total. The van der Waals surface area contributed by atoms with E-state index in [0.29, 0.717) is 0 Å². The summed E-state index contributed by atoms with van der Waals surface area (Å²) in [6.45, 7) is 0. The molecule has 0 amide bonds. The first-order chi connectivity index (χ1) is 39.7. The first-order valence-corrected chi connectivity index (χ1v) is 28.1. The summed E-state index contributed by atoms with van der Waals surface area (Å²) in [5.41, 5.74) is 21.5. The van der Waals surface area contributed by atoms with Crippen LogP contribution in [0.5, 0.6) is 0 Å². The lowest BCUT2D eigenvalue weighted by molar-refractivity contribution is 0.696. The van der Waals surface area contributed by atoms with Crippen LogP contribution in [0.4, 0.5) is 34.1 Å². The van der Waals surface area contributed by atoms with Gasteiger partial charge in [-0.05, 0) is 162 Å². The average molecular weight is 1020 g/mol. The van der Waals surface area contributed by atoms with E-state index < -0.39 is 10.8 Å². The molecule has 0 saturated carbocycles. The quantitative estimate of drug-likeness (QED) is 0.126. The number of hydrogen-bond acceptors (Lipinski definition) is 2. The lowest BCUT2D eigenvalue weighted by Gasteiger charge is -2.37. The van der Waals surface area contributed by atoms with Gasteiger partial charge in [0.25, 0.3) is 0 Å². The number of anilines is 6. The first kappa shape index (κ1) is 46.1. The number of allylic oxidation sites excluding steroid dienone is 4. The zero-order valence-electron chi connectivity index (χ0n) is 44.2. The van der Waals surface area contributed by atoms with Crippen LogP contribution in [-0.4, -0.2) is 0 Å². The standard InChI is InChI=1S/C78H54N2/c1-5-23-55(24-6-1)77(69-39-17-13-35-63(69)64-36-14-18-40-70(64)77)57-27-21-33-61(51-57)79(59-29-9-3-10-30-59)73-49-45-53-44-48-68-74(50-46-54-43-47-67(73)75(53)76(54)68)80(60-31-11-4-12-32-60)62-34-22-28-58(52-62)78(56-25-7-2-8-26-56)71-41-19-15-37-65(71)66-38-16-20-42-72(66)78/h1-19,21-41,43-52H,20,42H2. The molecule has 1 unspecified atom stereocenters. The van der Waals surface area contributed by atoms with Gasteiger partial charge in [0, 0.05) is 33.5 Å². The Morgan fingerprint density at radius 2 is 0.688 bits per heavy atom. The molecule has 80 heavy (non-hydrogen) atoms. The third-order valence-corrected chi connectivity index (χ3v) is 17.8. The molecule has 0 bridgehead atoms. The van der Waals surface area contributed by atoms with Crippen LogP contribution in [0.25, 0.3) is 49.0 Å². The summed E-state index contributed by atoms with van der Waals surface area (Å²) in [5, 5.41) is 7.35. The first-order valence-electron chi connectivity index (χ1n) is 28.1. The molecular formula is C78H54N2. The summed E-state index contributed by atoms with van der Waals surface area (Å²) >= 11 is 0. The summed E-state index contributed by atoms with van der Waals surface area (Å²) in [5.74, 6) is 0. The molecule has 3 aliphatic carbocycles. The van der Waals surface area contributed by atoms with Gasteiger partial charge in [-0.2, -0.15) is 0 Å². The molecule has 0 spiro atoms. The Labute approximate surface area is 467 Å². The molecule has 13 aromatic carbocycles. The molecule has 0 N–H and O–H groups in total. The minimum Gasteiger partial charge on any atom is -0.310 e. The molecule has 0 aromatic heterocycles. The van der Waals surface area contributed by atoms with Gasteiger partial charge in [0.05, 0.1) is 22.2 Å². The van der Waals surface area contributed by atoms with Crippen LogP contribution in [0.1, 0.15) is 57.3 Å². The monoisotopic (exact) mass is 1020 g/mol. The fourth-order valence-electron chi connectivity index (χ4n) is 14.7. The molecule has 3 aliphatic rings. The van der Waals surface area contributed by atoms with E-state index in [1.165, 1.54) is 99.1 Å². The number of hydrogen-bond donors (Lipinski definition) is 0. The van der Waals surface area contributed by atoms with Gasteiger partial charge in [-0.3, -0.25) is 0 Å². The molecule has 0 fully saturated rings. The third kappa shape index (κ3) is 6.66. The highest BCUT2D eigenvalue weighted by molar-refractivity contribution is 6.28. The third-order valence-electron chi connectivity index (χ3n) is 17.8. The minimum atomic E-state index is -0.535. The van der Waals surface area contributed by atoms with Gasteiger partial charge in [-0.1, -0.05) is 243 Å². The molecule has 0 aliphatic heterocycles. The van der Waals surface area contributed by atoms with Crippen LogP contribution in [-0.2, 0) is 10.8 Å². The molecular weight excluding hydrogens is 965 g/mol. The Morgan fingerprint density at radius 1 is 0.300 bits per heavy atom. The topological polar surface area (TPSA) is 6.48 Å². The van der Waals surface area contributed by atoms with Gasteiger partial charge in [0.2, 0.25) is 0 Å². The Bertz CT molecular complexity index is 4550. The second kappa shape index (κ2) is 18.3. The van der Waals surface area contributed by atoms with E-state index in [2.05, 4.69) is 313 Å². The van der Waals surface area contributed by atoms with Gasteiger partial charge in [-0.15, -0.1) is 0 Å². The van der Waals surface area contributed by atoms with E-state index >= 15 is 0 Å². The smallest absolute Gasteiger partial charge is 0.0714 e. The Hall–Kier alpha value is -10.0. The molecule has 0 heterocycles. The number of nitrogens with zero attached hydrogens (tertiary/aromatic N) is 2. The fraction of sp³-hybridized carbons (Fsp3) is 0.0513. The molecule has 0 radical (unpaired) electrons. The van der Waals surface area contributed by atoms with Gasteiger partial charge in [0.15, 0.2) is 0 Å². The highest BCUT2D eigenvalue weighted by Gasteiger charge is 2.48. The minimum absolute atomic E-state index is 0.451. The number of benzene rings is 13. The lowest BCUT2D eigenvalue weighted by atomic mass is 9.65. The van der Waals surface area contributed by atoms with Gasteiger partial charge < -0.3 is 9.80 Å². The Morgan fingerprint density at radius 3 is 1.20 bits per heavy atom. The molecule has 16 rings (SSSR count). The van der Waals surface area contributed by atoms with Gasteiger partial charge >= 0.3 is 0 Å². The van der Waals surface area contributed by atoms with Crippen LogP contribution in [0, 0.1) is 0 Å². The normalized spacial score (nSPS) is 15.7. The second-order valence-corrected chi connectivity index (χ2v) is 21.7. The van der Waals surface area contributed by atoms with Crippen molar-refractivity contribution < 1.29 is 0 Å². The van der Waals surface area contributed by atoms with Crippen molar-refractivity contribution in [2.45, 2.75) is 23.7 Å². The van der Waals surface area contributed by atoms with E-state index in [1.54, 1.807) is 0 Å². The lowest BCUT2D eigenvalue weighted by Crippen LogP contribution is -2.30. The predicted molar refractivity (Wildman–Crippen MR) is 335 cm³/mol. The van der Waals surface area contributed by atoms with Crippen molar-refractivity contribution in [1.29, 1.82) is 0 Å². The van der Waals surface area contributed by atoms with Crippen molar-refractivity contribution in [1.82, 2.24) is 0 Å². The highest BCUT2D eigenvalue weighted by Crippen LogP contribution is 2.59. The summed E-state index contributed by atoms with van der Waals surface area (Å²) in [6.07, 6.45) is 6.76. The molecule has 1 atom stereocenters. The highest BCUT2D eigenvalue weighted by atomic mass is 15.1. The molecule has 0 saturated heterocycles. The van der Waals surface area contributed by atoms with Crippen molar-refractivity contribution in [2.24, 2.45) is 0 Å². The average Bonchev–Trinajstić information content (AvgIpc) is 4.03. The van der Waals surface area contributed by atoms with Crippen LogP contribution in [0.2, 0.25) is 0 Å². The van der Waals surface area contributed by atoms with E-state index in [1.807, 2.05) is 0 Å². The van der Waals surface area contributed by atoms with Crippen molar-refractivity contribution in [3.05, 3.63) is 353 Å². The van der Waals surface area contributed by atoms with E-state index in [9.17, 15) is 0 Å². The molecule has 376 valence electrons. The fourth-order valence-corrected chi connectivity index (χ4v) is 14.7. The largest absolute Gasteiger partial charge is 0.310 e.